The van der Waals surface area contributed by atoms with Crippen molar-refractivity contribution in [2.45, 2.75) is 18.5 Å². The van der Waals surface area contributed by atoms with E-state index in [1.54, 1.807) is 23.3 Å². The van der Waals surface area contributed by atoms with Crippen molar-refractivity contribution in [2.75, 3.05) is 6.54 Å². The van der Waals surface area contributed by atoms with Crippen LogP contribution in [-0.4, -0.2) is 29.7 Å². The summed E-state index contributed by atoms with van der Waals surface area (Å²) in [6.07, 6.45) is 0.599. The molecule has 0 aliphatic rings. The van der Waals surface area contributed by atoms with Gasteiger partial charge in [0.2, 0.25) is 10.0 Å². The van der Waals surface area contributed by atoms with Crippen LogP contribution in [0.5, 0.6) is 0 Å². The molecule has 0 aliphatic heterocycles. The molecular weight excluding hydrogens is 393 g/mol. The van der Waals surface area contributed by atoms with Crippen LogP contribution in [0.2, 0.25) is 0 Å². The van der Waals surface area contributed by atoms with E-state index in [0.29, 0.717) is 6.54 Å². The predicted octanol–water partition coefficient (Wildman–Crippen LogP) is 3.08. The quantitative estimate of drug-likeness (QED) is 0.650. The SMILES string of the molecule is O=S(=O)(Cc1ccc(C(F)(F)F)cc1)NCCn1ccc(-c2ccncc2)n1. The monoisotopic (exact) mass is 410 g/mol. The fraction of sp³-hybridized carbons (Fsp3) is 0.222. The second-order valence-electron chi connectivity index (χ2n) is 6.05. The van der Waals surface area contributed by atoms with Crippen molar-refractivity contribution in [3.63, 3.8) is 0 Å². The third-order valence-corrected chi connectivity index (χ3v) is 5.27. The van der Waals surface area contributed by atoms with Crippen molar-refractivity contribution in [1.29, 1.82) is 0 Å². The lowest BCUT2D eigenvalue weighted by Crippen LogP contribution is -2.28. The minimum absolute atomic E-state index is 0.112. The summed E-state index contributed by atoms with van der Waals surface area (Å²) in [7, 11) is -3.68. The Morgan fingerprint density at radius 3 is 2.32 bits per heavy atom. The van der Waals surface area contributed by atoms with Crippen LogP contribution >= 0.6 is 0 Å². The zero-order valence-corrected chi connectivity index (χ0v) is 15.4. The number of hydrogen-bond donors (Lipinski definition) is 1. The minimum atomic E-state index is -4.45. The molecule has 0 saturated heterocycles. The van der Waals surface area contributed by atoms with Crippen LogP contribution in [0.1, 0.15) is 11.1 Å². The largest absolute Gasteiger partial charge is 0.416 e. The normalized spacial score (nSPS) is 12.2. The Morgan fingerprint density at radius 1 is 1.00 bits per heavy atom. The van der Waals surface area contributed by atoms with Gasteiger partial charge in [-0.05, 0) is 35.9 Å². The molecule has 0 saturated carbocycles. The molecule has 148 valence electrons. The zero-order valence-electron chi connectivity index (χ0n) is 14.6. The van der Waals surface area contributed by atoms with Crippen LogP contribution in [-0.2, 0) is 28.5 Å². The molecule has 10 heteroatoms. The summed E-state index contributed by atoms with van der Waals surface area (Å²) in [6, 6.07) is 9.52. The van der Waals surface area contributed by atoms with E-state index in [4.69, 9.17) is 0 Å². The van der Waals surface area contributed by atoms with Crippen LogP contribution in [0.25, 0.3) is 11.3 Å². The average Bonchev–Trinajstić information content (AvgIpc) is 3.10. The lowest BCUT2D eigenvalue weighted by Gasteiger charge is -2.09. The van der Waals surface area contributed by atoms with Gasteiger partial charge in [0, 0.05) is 30.7 Å². The highest BCUT2D eigenvalue weighted by molar-refractivity contribution is 7.88. The molecule has 0 amide bonds. The highest BCUT2D eigenvalue weighted by Gasteiger charge is 2.30. The van der Waals surface area contributed by atoms with Gasteiger partial charge in [0.25, 0.3) is 0 Å². The van der Waals surface area contributed by atoms with Gasteiger partial charge in [-0.1, -0.05) is 12.1 Å². The van der Waals surface area contributed by atoms with E-state index in [-0.39, 0.29) is 12.1 Å². The predicted molar refractivity (Wildman–Crippen MR) is 97.5 cm³/mol. The second-order valence-corrected chi connectivity index (χ2v) is 7.85. The number of hydrogen-bond acceptors (Lipinski definition) is 4. The minimum Gasteiger partial charge on any atom is -0.271 e. The van der Waals surface area contributed by atoms with E-state index >= 15 is 0 Å². The smallest absolute Gasteiger partial charge is 0.271 e. The van der Waals surface area contributed by atoms with Crippen molar-refractivity contribution in [2.24, 2.45) is 0 Å². The van der Waals surface area contributed by atoms with E-state index in [1.165, 1.54) is 0 Å². The molecule has 3 rings (SSSR count). The van der Waals surface area contributed by atoms with Crippen molar-refractivity contribution >= 4 is 10.0 Å². The summed E-state index contributed by atoms with van der Waals surface area (Å²) in [6.45, 7) is 0.428. The highest BCUT2D eigenvalue weighted by Crippen LogP contribution is 2.29. The Balaban J connectivity index is 1.53. The molecule has 28 heavy (non-hydrogen) atoms. The third kappa shape index (κ3) is 5.40. The van der Waals surface area contributed by atoms with E-state index in [2.05, 4.69) is 14.8 Å². The molecule has 2 aromatic heterocycles. The molecule has 3 aromatic rings. The van der Waals surface area contributed by atoms with Gasteiger partial charge in [-0.15, -0.1) is 0 Å². The first-order chi connectivity index (χ1) is 13.2. The number of nitrogens with zero attached hydrogens (tertiary/aromatic N) is 3. The molecule has 0 aliphatic carbocycles. The van der Waals surface area contributed by atoms with E-state index < -0.39 is 27.5 Å². The molecule has 1 N–H and O–H groups in total. The first kappa shape index (κ1) is 20.0. The fourth-order valence-electron chi connectivity index (χ4n) is 2.54. The maximum atomic E-state index is 12.6. The average molecular weight is 410 g/mol. The van der Waals surface area contributed by atoms with Crippen molar-refractivity contribution in [3.05, 3.63) is 72.2 Å². The summed E-state index contributed by atoms with van der Waals surface area (Å²) in [4.78, 5) is 3.94. The van der Waals surface area contributed by atoms with Crippen LogP contribution < -0.4 is 4.72 Å². The molecule has 0 unspecified atom stereocenters. The van der Waals surface area contributed by atoms with Gasteiger partial charge in [0.1, 0.15) is 0 Å². The number of nitrogens with one attached hydrogen (secondary N) is 1. The molecule has 1 aromatic carbocycles. The number of benzene rings is 1. The first-order valence-electron chi connectivity index (χ1n) is 8.30. The number of rotatable bonds is 7. The Kier molecular flexibility index (Phi) is 5.80. The standard InChI is InChI=1S/C18H17F3N4O2S/c19-18(20,21)16-3-1-14(2-4-16)13-28(26,27)23-10-12-25-11-7-17(24-25)15-5-8-22-9-6-15/h1-9,11,23H,10,12-13H2. The van der Waals surface area contributed by atoms with Gasteiger partial charge in [-0.3, -0.25) is 9.67 Å². The summed E-state index contributed by atoms with van der Waals surface area (Å²) in [5.41, 5.74) is 1.11. The molecule has 2 heterocycles. The summed E-state index contributed by atoms with van der Waals surface area (Å²) >= 11 is 0. The number of halogens is 3. The molecule has 0 fully saturated rings. The van der Waals surface area contributed by atoms with E-state index in [9.17, 15) is 21.6 Å². The van der Waals surface area contributed by atoms with E-state index in [0.717, 1.165) is 35.5 Å². The summed E-state index contributed by atoms with van der Waals surface area (Å²) < 4.78 is 66.0. The van der Waals surface area contributed by atoms with Gasteiger partial charge in [-0.2, -0.15) is 18.3 Å². The Hall–Kier alpha value is -2.72. The number of alkyl halides is 3. The Morgan fingerprint density at radius 2 is 1.68 bits per heavy atom. The van der Waals surface area contributed by atoms with Crippen LogP contribution in [0, 0.1) is 0 Å². The number of sulfonamides is 1. The molecule has 0 atom stereocenters. The Labute approximate surface area is 160 Å². The van der Waals surface area contributed by atoms with Crippen molar-refractivity contribution < 1.29 is 21.6 Å². The van der Waals surface area contributed by atoms with Crippen LogP contribution in [0.4, 0.5) is 13.2 Å². The number of pyridine rings is 1. The van der Waals surface area contributed by atoms with Crippen molar-refractivity contribution in [3.8, 4) is 11.3 Å². The first-order valence-corrected chi connectivity index (χ1v) is 9.95. The van der Waals surface area contributed by atoms with Crippen molar-refractivity contribution in [1.82, 2.24) is 19.5 Å². The summed E-state index contributed by atoms with van der Waals surface area (Å²) in [5.74, 6) is -0.396. The molecule has 0 spiro atoms. The maximum absolute atomic E-state index is 12.6. The van der Waals surface area contributed by atoms with Gasteiger partial charge < -0.3 is 0 Å². The van der Waals surface area contributed by atoms with Gasteiger partial charge >= 0.3 is 6.18 Å². The van der Waals surface area contributed by atoms with Crippen LogP contribution in [0.3, 0.4) is 0 Å². The topological polar surface area (TPSA) is 76.9 Å². The molecular formula is C18H17F3N4O2S. The van der Waals surface area contributed by atoms with E-state index in [1.807, 2.05) is 18.2 Å². The highest BCUT2D eigenvalue weighted by atomic mass is 32.2. The zero-order chi connectivity index (χ0) is 20.2. The number of aromatic nitrogens is 3. The fourth-order valence-corrected chi connectivity index (χ4v) is 3.67. The Bertz CT molecular complexity index is 1020. The molecule has 6 nitrogen and oxygen atoms in total. The molecule has 0 radical (unpaired) electrons. The third-order valence-electron chi connectivity index (χ3n) is 3.92. The maximum Gasteiger partial charge on any atom is 0.416 e. The lowest BCUT2D eigenvalue weighted by molar-refractivity contribution is -0.137. The summed E-state index contributed by atoms with van der Waals surface area (Å²) in [5, 5.41) is 4.36. The van der Waals surface area contributed by atoms with Gasteiger partial charge in [0.15, 0.2) is 0 Å². The lowest BCUT2D eigenvalue weighted by atomic mass is 10.1. The molecule has 0 bridgehead atoms. The van der Waals surface area contributed by atoms with Gasteiger partial charge in [-0.25, -0.2) is 13.1 Å². The van der Waals surface area contributed by atoms with Crippen LogP contribution in [0.15, 0.2) is 61.1 Å². The second kappa shape index (κ2) is 8.11. The van der Waals surface area contributed by atoms with Gasteiger partial charge in [0.05, 0.1) is 23.6 Å².